The molecule has 3 rings (SSSR count). The van der Waals surface area contributed by atoms with Gasteiger partial charge < -0.3 is 60.1 Å². The second-order valence-corrected chi connectivity index (χ2v) is 31.1. The highest BCUT2D eigenvalue weighted by Gasteiger charge is 2.46. The normalized spacial score (nSPS) is 26.0. The third-order valence-corrected chi connectivity index (χ3v) is 17.9. The lowest BCUT2D eigenvalue weighted by Gasteiger charge is -2.41. The van der Waals surface area contributed by atoms with Gasteiger partial charge in [-0.3, -0.25) is 47.9 Å². The van der Waals surface area contributed by atoms with Gasteiger partial charge in [-0.05, 0) is 73.5 Å². The second kappa shape index (κ2) is 32.2. The number of rotatable bonds is 14. The Kier molecular flexibility index (Phi) is 27.6. The zero-order valence-electron chi connectivity index (χ0n) is 54.5. The number of piperidine rings is 1. The number of carbonyl (C=O) groups excluding carboxylic acids is 11. The van der Waals surface area contributed by atoms with Crippen molar-refractivity contribution in [3.05, 3.63) is 29.8 Å². The largest absolute Gasteiger partial charge is 0.497 e. The third kappa shape index (κ3) is 19.2. The van der Waals surface area contributed by atoms with Crippen molar-refractivity contribution in [2.24, 2.45) is 29.6 Å². The van der Waals surface area contributed by atoms with Gasteiger partial charge in [-0.25, -0.2) is 4.79 Å². The van der Waals surface area contributed by atoms with E-state index >= 15 is 14.4 Å². The number of amides is 10. The van der Waals surface area contributed by atoms with Crippen molar-refractivity contribution in [3.63, 3.8) is 0 Å². The standard InChI is InChI=1S/C61H102N10O13Si/c1-21-38(9)51-53(74)62-33-47(73)67(13)49(36(5)6)54(75)64-43(31-41-26-28-42(83-17)29-27-41)61(82)84-40(11)56(77)71-30-24-23-25-44(71)57(78)68(14)50(37(7)8)55(76)65-48(35(3)4)59(80)66(12)45(32-46(72)63-34-85(18,19)20)58(79)70(16)52(39(10)22-2)60(81)69(51)15/h26-29,35-40,43-45,48-52H,21-25,30-34H2,1-20H3,(H,62,74)(H,63,72)(H,64,75)(H,65,76)/t38?,39?,40-,43+,44+,45+,48+,49+,50+,51+,52+/m1/s1. The zero-order valence-corrected chi connectivity index (χ0v) is 55.5. The summed E-state index contributed by atoms with van der Waals surface area (Å²) < 4.78 is 11.2. The summed E-state index contributed by atoms with van der Waals surface area (Å²) >= 11 is 0. The van der Waals surface area contributed by atoms with E-state index in [1.54, 1.807) is 79.7 Å². The van der Waals surface area contributed by atoms with E-state index in [2.05, 4.69) is 40.9 Å². The number of esters is 1. The molecule has 11 atom stereocenters. The van der Waals surface area contributed by atoms with Gasteiger partial charge in [-0.1, -0.05) is 114 Å². The number of hydrogen-bond acceptors (Lipinski definition) is 13. The van der Waals surface area contributed by atoms with Crippen LogP contribution in [-0.4, -0.2) is 219 Å². The number of hydrogen-bond donors (Lipinski definition) is 4. The molecule has 1 aromatic rings. The van der Waals surface area contributed by atoms with E-state index in [1.807, 2.05) is 13.8 Å². The van der Waals surface area contributed by atoms with Crippen LogP contribution in [0.25, 0.3) is 0 Å². The van der Waals surface area contributed by atoms with Crippen molar-refractivity contribution in [2.75, 3.05) is 61.6 Å². The van der Waals surface area contributed by atoms with Gasteiger partial charge in [-0.15, -0.1) is 0 Å². The average Bonchev–Trinajstić information content (AvgIpc) is 2.75. The predicted octanol–water partition coefficient (Wildman–Crippen LogP) is 3.23. The summed E-state index contributed by atoms with van der Waals surface area (Å²) in [7, 11) is 6.69. The summed E-state index contributed by atoms with van der Waals surface area (Å²) in [5, 5.41) is 11.3. The molecule has 85 heavy (non-hydrogen) atoms. The minimum absolute atomic E-state index is 0.108. The Labute approximate surface area is 506 Å². The minimum Gasteiger partial charge on any atom is -0.497 e. The molecule has 2 fully saturated rings. The highest BCUT2D eigenvalue weighted by molar-refractivity contribution is 6.76. The van der Waals surface area contributed by atoms with Crippen LogP contribution in [0.1, 0.15) is 120 Å². The fourth-order valence-corrected chi connectivity index (χ4v) is 11.8. The molecule has 1 aromatic carbocycles. The summed E-state index contributed by atoms with van der Waals surface area (Å²) in [6.45, 7) is 24.6. The highest BCUT2D eigenvalue weighted by Crippen LogP contribution is 2.27. The molecule has 2 aliphatic rings. The van der Waals surface area contributed by atoms with E-state index in [0.717, 1.165) is 4.90 Å². The number of methoxy groups -OCH3 is 1. The monoisotopic (exact) mass is 1210 g/mol. The summed E-state index contributed by atoms with van der Waals surface area (Å²) in [5.74, 6) is -9.83. The lowest BCUT2D eigenvalue weighted by molar-refractivity contribution is -0.165. The highest BCUT2D eigenvalue weighted by atomic mass is 28.3. The van der Waals surface area contributed by atoms with Crippen LogP contribution in [0.4, 0.5) is 0 Å². The van der Waals surface area contributed by atoms with E-state index in [-0.39, 0.29) is 19.4 Å². The molecule has 10 amide bonds. The molecule has 2 unspecified atom stereocenters. The molecule has 0 bridgehead atoms. The van der Waals surface area contributed by atoms with Crippen LogP contribution >= 0.6 is 0 Å². The molecular formula is C61H102N10O13Si. The van der Waals surface area contributed by atoms with Crippen molar-refractivity contribution in [1.82, 2.24) is 50.7 Å². The molecule has 2 saturated heterocycles. The lowest BCUT2D eigenvalue weighted by atomic mass is 9.92. The van der Waals surface area contributed by atoms with Gasteiger partial charge in [0, 0.05) is 54.4 Å². The molecule has 0 radical (unpaired) electrons. The van der Waals surface area contributed by atoms with Crippen LogP contribution in [0.5, 0.6) is 5.75 Å². The fourth-order valence-electron chi connectivity index (χ4n) is 11.1. The van der Waals surface area contributed by atoms with Crippen LogP contribution in [0.2, 0.25) is 19.6 Å². The molecular weight excluding hydrogens is 1110 g/mol. The van der Waals surface area contributed by atoms with Crippen molar-refractivity contribution in [2.45, 2.75) is 195 Å². The van der Waals surface area contributed by atoms with Gasteiger partial charge in [0.1, 0.15) is 54.1 Å². The first kappa shape index (κ1) is 72.7. The molecule has 24 heteroatoms. The third-order valence-electron chi connectivity index (χ3n) is 16.6. The van der Waals surface area contributed by atoms with Gasteiger partial charge in [0.15, 0.2) is 6.10 Å². The van der Waals surface area contributed by atoms with Crippen LogP contribution in [0, 0.1) is 29.6 Å². The van der Waals surface area contributed by atoms with Gasteiger partial charge in [-0.2, -0.15) is 0 Å². The van der Waals surface area contributed by atoms with Gasteiger partial charge in [0.05, 0.1) is 28.1 Å². The summed E-state index contributed by atoms with van der Waals surface area (Å²) in [6.07, 6.45) is 0.379. The molecule has 0 saturated carbocycles. The predicted molar refractivity (Wildman–Crippen MR) is 326 cm³/mol. The molecule has 2 heterocycles. The van der Waals surface area contributed by atoms with Crippen molar-refractivity contribution in [1.29, 1.82) is 0 Å². The number of nitrogens with zero attached hydrogens (tertiary/aromatic N) is 6. The van der Waals surface area contributed by atoms with Crippen LogP contribution in [0.15, 0.2) is 24.3 Å². The molecule has 2 aliphatic heterocycles. The first-order valence-corrected chi connectivity index (χ1v) is 33.9. The van der Waals surface area contributed by atoms with E-state index in [1.165, 1.54) is 73.8 Å². The van der Waals surface area contributed by atoms with Gasteiger partial charge in [0.2, 0.25) is 53.2 Å². The topological polar surface area (TPSA) is 274 Å². The second-order valence-electron chi connectivity index (χ2n) is 25.6. The van der Waals surface area contributed by atoms with Gasteiger partial charge >= 0.3 is 5.97 Å². The number of fused-ring (bicyclic) bond motifs is 1. The Morgan fingerprint density at radius 1 is 0.647 bits per heavy atom. The van der Waals surface area contributed by atoms with E-state index in [0.29, 0.717) is 43.2 Å². The Balaban J connectivity index is 2.31. The van der Waals surface area contributed by atoms with E-state index < -0.39 is 170 Å². The Morgan fingerprint density at radius 2 is 1.18 bits per heavy atom. The molecule has 23 nitrogen and oxygen atoms in total. The molecule has 478 valence electrons. The lowest BCUT2D eigenvalue weighted by Crippen LogP contribution is -2.63. The van der Waals surface area contributed by atoms with E-state index in [4.69, 9.17) is 9.47 Å². The van der Waals surface area contributed by atoms with Crippen molar-refractivity contribution < 1.29 is 62.2 Å². The smallest absolute Gasteiger partial charge is 0.329 e. The zero-order chi connectivity index (χ0) is 64.7. The summed E-state index contributed by atoms with van der Waals surface area (Å²) in [4.78, 5) is 168. The molecule has 0 spiro atoms. The first-order valence-electron chi connectivity index (χ1n) is 30.2. The fraction of sp³-hybridized carbons (Fsp3) is 0.721. The number of nitrogens with one attached hydrogen (secondary N) is 4. The number of likely N-dealkylation sites (N-methyl/N-ethyl adjacent to an activating group) is 5. The average molecular weight is 1210 g/mol. The maximum atomic E-state index is 15.3. The van der Waals surface area contributed by atoms with Crippen LogP contribution in [-0.2, 0) is 63.9 Å². The molecule has 0 aromatic heterocycles. The Morgan fingerprint density at radius 3 is 1.71 bits per heavy atom. The maximum Gasteiger partial charge on any atom is 0.329 e. The SMILES string of the molecule is CCC(C)[C@H]1C(=O)NCC(=O)N(C)[C@@H](C(C)C)C(=O)N[C@@H](Cc2ccc(OC)cc2)C(=O)O[C@H](C)C(=O)N2CCCC[C@H]2C(=O)N(C)[C@@H](C(C)C)C(=O)N[C@@H](C(C)C)C(=O)N(C)[C@@H](CC(=O)NC[Si](C)(C)C)C(=O)N(C)[C@@H](C(C)CC)C(=O)N1C. The minimum atomic E-state index is -1.88. The number of cyclic esters (lactones) is 1. The van der Waals surface area contributed by atoms with Crippen LogP contribution < -0.4 is 26.0 Å². The summed E-state index contributed by atoms with van der Waals surface area (Å²) in [6, 6.07) is -3.34. The first-order chi connectivity index (χ1) is 39.6. The Hall–Kier alpha value is -6.59. The Bertz CT molecular complexity index is 2520. The van der Waals surface area contributed by atoms with Crippen LogP contribution in [0.3, 0.4) is 0 Å². The maximum absolute atomic E-state index is 15.3. The molecule has 0 aliphatic carbocycles. The quantitative estimate of drug-likeness (QED) is 0.154. The van der Waals surface area contributed by atoms with Crippen molar-refractivity contribution in [3.8, 4) is 5.75 Å². The molecule has 4 N–H and O–H groups in total. The van der Waals surface area contributed by atoms with Crippen molar-refractivity contribution >= 4 is 73.1 Å². The number of benzene rings is 1. The number of ether oxygens (including phenoxy) is 2. The summed E-state index contributed by atoms with van der Waals surface area (Å²) in [5.41, 5.74) is 0.589. The van der Waals surface area contributed by atoms with Gasteiger partial charge in [0.25, 0.3) is 5.91 Å². The van der Waals surface area contributed by atoms with E-state index in [9.17, 15) is 38.4 Å². The number of carbonyl (C=O) groups is 11.